The minimum Gasteiger partial charge on any atom is -0.339 e. The van der Waals surface area contributed by atoms with Crippen molar-refractivity contribution < 1.29 is 22.8 Å². The maximum Gasteiger partial charge on any atom is 0.446 e. The lowest BCUT2D eigenvalue weighted by Gasteiger charge is -2.43. The summed E-state index contributed by atoms with van der Waals surface area (Å²) >= 11 is -0.207. The summed E-state index contributed by atoms with van der Waals surface area (Å²) < 4.78 is 37.4. The summed E-state index contributed by atoms with van der Waals surface area (Å²) in [5, 5.41) is 2.92. The highest BCUT2D eigenvalue weighted by molar-refractivity contribution is 8.00. The summed E-state index contributed by atoms with van der Waals surface area (Å²) in [6, 6.07) is 15.1. The Hall–Kier alpha value is -2.68. The molecule has 0 radical (unpaired) electrons. The van der Waals surface area contributed by atoms with E-state index in [1.54, 1.807) is 4.90 Å². The van der Waals surface area contributed by atoms with E-state index >= 15 is 0 Å². The molecule has 2 aliphatic rings. The molecule has 0 unspecified atom stereocenters. The topological polar surface area (TPSA) is 52.7 Å². The van der Waals surface area contributed by atoms with Crippen molar-refractivity contribution in [3.63, 3.8) is 0 Å². The number of halogens is 3. The zero-order valence-corrected chi connectivity index (χ0v) is 16.8. The molecule has 9 heteroatoms. The van der Waals surface area contributed by atoms with Crippen LogP contribution in [0.4, 0.5) is 18.9 Å². The molecule has 4 rings (SSSR count). The number of carbonyl (C=O) groups excluding carboxylic acids is 2. The average Bonchev–Trinajstić information content (AvgIpc) is 3.04. The molecule has 0 aromatic heterocycles. The second kappa shape index (κ2) is 7.86. The van der Waals surface area contributed by atoms with Gasteiger partial charge in [-0.05, 0) is 61.0 Å². The Kier molecular flexibility index (Phi) is 5.40. The molecular weight excluding hydrogens is 415 g/mol. The lowest BCUT2D eigenvalue weighted by molar-refractivity contribution is -0.124. The summed E-state index contributed by atoms with van der Waals surface area (Å²) in [6.45, 7) is 1.22. The fourth-order valence-corrected chi connectivity index (χ4v) is 4.63. The number of nitrogens with zero attached hydrogens (tertiary/aromatic N) is 2. The molecule has 2 fully saturated rings. The number of carbonyl (C=O) groups is 2. The number of para-hydroxylation sites is 1. The first-order valence-electron chi connectivity index (χ1n) is 9.55. The van der Waals surface area contributed by atoms with Gasteiger partial charge in [0.25, 0.3) is 5.91 Å². The predicted octanol–water partition coefficient (Wildman–Crippen LogP) is 3.87. The maximum absolute atomic E-state index is 12.8. The van der Waals surface area contributed by atoms with Gasteiger partial charge in [-0.3, -0.25) is 9.59 Å². The minimum atomic E-state index is -4.36. The van der Waals surface area contributed by atoms with Gasteiger partial charge in [-0.2, -0.15) is 13.2 Å². The van der Waals surface area contributed by atoms with Crippen molar-refractivity contribution in [3.05, 3.63) is 60.2 Å². The molecular formula is C21H20F3N3O2S. The predicted molar refractivity (Wildman–Crippen MR) is 108 cm³/mol. The highest BCUT2D eigenvalue weighted by Gasteiger charge is 2.50. The number of hydrogen-bond donors (Lipinski definition) is 1. The van der Waals surface area contributed by atoms with Gasteiger partial charge < -0.3 is 15.1 Å². The maximum atomic E-state index is 12.8. The van der Waals surface area contributed by atoms with Gasteiger partial charge in [0.1, 0.15) is 5.54 Å². The van der Waals surface area contributed by atoms with Gasteiger partial charge in [0.15, 0.2) is 0 Å². The average molecular weight is 435 g/mol. The second-order valence-electron chi connectivity index (χ2n) is 7.32. The van der Waals surface area contributed by atoms with E-state index in [0.29, 0.717) is 38.2 Å². The summed E-state index contributed by atoms with van der Waals surface area (Å²) in [5.74, 6) is -0.273. The van der Waals surface area contributed by atoms with E-state index in [1.807, 2.05) is 30.3 Å². The van der Waals surface area contributed by atoms with Crippen molar-refractivity contribution in [2.45, 2.75) is 28.8 Å². The largest absolute Gasteiger partial charge is 0.446 e. The number of thioether (sulfide) groups is 1. The van der Waals surface area contributed by atoms with Crippen molar-refractivity contribution >= 4 is 29.3 Å². The van der Waals surface area contributed by atoms with Crippen LogP contribution < -0.4 is 10.2 Å². The highest BCUT2D eigenvalue weighted by Crippen LogP contribution is 2.38. The van der Waals surface area contributed by atoms with Crippen LogP contribution in [0, 0.1) is 0 Å². The smallest absolute Gasteiger partial charge is 0.339 e. The van der Waals surface area contributed by atoms with E-state index < -0.39 is 11.0 Å². The monoisotopic (exact) mass is 435 g/mol. The van der Waals surface area contributed by atoms with E-state index in [0.717, 1.165) is 5.69 Å². The molecule has 158 valence electrons. The van der Waals surface area contributed by atoms with Crippen LogP contribution in [0.5, 0.6) is 0 Å². The van der Waals surface area contributed by atoms with Gasteiger partial charge in [-0.15, -0.1) is 0 Å². The van der Waals surface area contributed by atoms with Gasteiger partial charge in [0.2, 0.25) is 5.91 Å². The molecule has 5 nitrogen and oxygen atoms in total. The first kappa shape index (κ1) is 20.6. The van der Waals surface area contributed by atoms with Crippen LogP contribution >= 0.6 is 11.8 Å². The molecule has 0 aliphatic carbocycles. The zero-order chi connectivity index (χ0) is 21.4. The molecule has 1 N–H and O–H groups in total. The van der Waals surface area contributed by atoms with Gasteiger partial charge in [0.05, 0.1) is 6.67 Å². The standard InChI is InChI=1S/C21H20F3N3O2S/c22-21(23,24)30-17-8-6-15(7-9-17)18(28)26-12-10-20(11-13-26)19(29)25-14-27(20)16-4-2-1-3-5-16/h1-9H,10-14H2,(H,25,29). The van der Waals surface area contributed by atoms with Crippen LogP contribution in [0.2, 0.25) is 0 Å². The van der Waals surface area contributed by atoms with Crippen LogP contribution in [-0.4, -0.2) is 47.5 Å². The quantitative estimate of drug-likeness (QED) is 0.744. The van der Waals surface area contributed by atoms with Gasteiger partial charge in [-0.1, -0.05) is 18.2 Å². The number of anilines is 1. The van der Waals surface area contributed by atoms with Gasteiger partial charge in [0, 0.05) is 29.2 Å². The lowest BCUT2D eigenvalue weighted by Crippen LogP contribution is -2.57. The molecule has 2 amide bonds. The van der Waals surface area contributed by atoms with Gasteiger partial charge in [-0.25, -0.2) is 0 Å². The van der Waals surface area contributed by atoms with Crippen LogP contribution in [0.25, 0.3) is 0 Å². The normalized spacial score (nSPS) is 18.6. The van der Waals surface area contributed by atoms with E-state index in [-0.39, 0.29) is 28.5 Å². The molecule has 0 saturated carbocycles. The molecule has 30 heavy (non-hydrogen) atoms. The Balaban J connectivity index is 1.45. The van der Waals surface area contributed by atoms with E-state index in [9.17, 15) is 22.8 Å². The molecule has 2 aliphatic heterocycles. The zero-order valence-electron chi connectivity index (χ0n) is 16.0. The number of alkyl halides is 3. The molecule has 0 atom stereocenters. The second-order valence-corrected chi connectivity index (χ2v) is 8.46. The molecule has 0 bridgehead atoms. The Morgan fingerprint density at radius 3 is 2.23 bits per heavy atom. The van der Waals surface area contributed by atoms with E-state index in [1.165, 1.54) is 24.3 Å². The van der Waals surface area contributed by atoms with Crippen molar-refractivity contribution in [2.75, 3.05) is 24.7 Å². The summed E-state index contributed by atoms with van der Waals surface area (Å²) in [6.07, 6.45) is 0.975. The Labute approximate surface area is 176 Å². The first-order valence-corrected chi connectivity index (χ1v) is 10.4. The number of hydrogen-bond acceptors (Lipinski definition) is 4. The number of benzene rings is 2. The minimum absolute atomic E-state index is 0.0352. The number of nitrogens with one attached hydrogen (secondary N) is 1. The summed E-state index contributed by atoms with van der Waals surface area (Å²) in [4.78, 5) is 29.3. The van der Waals surface area contributed by atoms with Crippen LogP contribution in [0.15, 0.2) is 59.5 Å². The lowest BCUT2D eigenvalue weighted by atomic mass is 9.85. The molecule has 2 aromatic rings. The Morgan fingerprint density at radius 1 is 1.00 bits per heavy atom. The van der Waals surface area contributed by atoms with E-state index in [4.69, 9.17) is 0 Å². The first-order chi connectivity index (χ1) is 14.3. The number of piperidine rings is 1. The Bertz CT molecular complexity index is 927. The summed E-state index contributed by atoms with van der Waals surface area (Å²) in [7, 11) is 0. The van der Waals surface area contributed by atoms with Crippen molar-refractivity contribution in [1.29, 1.82) is 0 Å². The van der Waals surface area contributed by atoms with E-state index in [2.05, 4.69) is 10.2 Å². The molecule has 2 aromatic carbocycles. The third kappa shape index (κ3) is 3.98. The van der Waals surface area contributed by atoms with Crippen LogP contribution in [-0.2, 0) is 4.79 Å². The third-order valence-corrected chi connectivity index (χ3v) is 6.36. The van der Waals surface area contributed by atoms with Crippen molar-refractivity contribution in [3.8, 4) is 0 Å². The van der Waals surface area contributed by atoms with Crippen LogP contribution in [0.3, 0.4) is 0 Å². The fraction of sp³-hybridized carbons (Fsp3) is 0.333. The van der Waals surface area contributed by atoms with Gasteiger partial charge >= 0.3 is 5.51 Å². The van der Waals surface area contributed by atoms with Crippen LogP contribution in [0.1, 0.15) is 23.2 Å². The molecule has 2 heterocycles. The molecule has 1 spiro atoms. The number of likely N-dealkylation sites (tertiary alicyclic amines) is 1. The highest BCUT2D eigenvalue weighted by atomic mass is 32.2. The number of rotatable bonds is 3. The Morgan fingerprint density at radius 2 is 1.63 bits per heavy atom. The summed E-state index contributed by atoms with van der Waals surface area (Å²) in [5.41, 5.74) is -3.76. The SMILES string of the molecule is O=C(c1ccc(SC(F)(F)F)cc1)N1CCC2(CC1)C(=O)NCN2c1ccccc1. The van der Waals surface area contributed by atoms with Crippen molar-refractivity contribution in [1.82, 2.24) is 10.2 Å². The molecule has 2 saturated heterocycles. The third-order valence-electron chi connectivity index (χ3n) is 5.62. The fourth-order valence-electron chi connectivity index (χ4n) is 4.09. The van der Waals surface area contributed by atoms with Crippen molar-refractivity contribution in [2.24, 2.45) is 0 Å². The number of amides is 2.